The molecule has 3 rings (SSSR count). The monoisotopic (exact) mass is 259 g/mol. The summed E-state index contributed by atoms with van der Waals surface area (Å²) >= 11 is 0. The van der Waals surface area contributed by atoms with E-state index in [4.69, 9.17) is 4.52 Å². The third-order valence-corrected chi connectivity index (χ3v) is 3.39. The Bertz CT molecular complexity index is 530. The fourth-order valence-corrected chi connectivity index (χ4v) is 2.34. The number of rotatable bonds is 3. The van der Waals surface area contributed by atoms with E-state index in [1.165, 1.54) is 12.8 Å². The van der Waals surface area contributed by atoms with Gasteiger partial charge in [-0.05, 0) is 37.1 Å². The maximum atomic E-state index is 9.24. The SMILES string of the molecule is Oc1ccc(Cc2noc([C@H]3CCCCN3)n2)cc1. The first-order valence-corrected chi connectivity index (χ1v) is 6.65. The summed E-state index contributed by atoms with van der Waals surface area (Å²) < 4.78 is 5.33. The Labute approximate surface area is 111 Å². The molecule has 0 saturated carbocycles. The molecule has 19 heavy (non-hydrogen) atoms. The lowest BCUT2D eigenvalue weighted by Gasteiger charge is -2.19. The molecule has 5 nitrogen and oxygen atoms in total. The third-order valence-electron chi connectivity index (χ3n) is 3.39. The zero-order valence-corrected chi connectivity index (χ0v) is 10.7. The Balaban J connectivity index is 1.68. The van der Waals surface area contributed by atoms with E-state index in [2.05, 4.69) is 15.5 Å². The summed E-state index contributed by atoms with van der Waals surface area (Å²) in [6, 6.07) is 7.27. The van der Waals surface area contributed by atoms with Gasteiger partial charge in [0.1, 0.15) is 5.75 Å². The molecule has 1 aliphatic rings. The van der Waals surface area contributed by atoms with Crippen molar-refractivity contribution in [2.75, 3.05) is 6.54 Å². The van der Waals surface area contributed by atoms with Gasteiger partial charge in [-0.15, -0.1) is 0 Å². The number of nitrogens with zero attached hydrogens (tertiary/aromatic N) is 2. The number of benzene rings is 1. The minimum atomic E-state index is 0.204. The minimum Gasteiger partial charge on any atom is -0.508 e. The van der Waals surface area contributed by atoms with Gasteiger partial charge in [-0.3, -0.25) is 0 Å². The van der Waals surface area contributed by atoms with Gasteiger partial charge in [0.2, 0.25) is 5.89 Å². The van der Waals surface area contributed by atoms with Crippen molar-refractivity contribution in [3.8, 4) is 5.75 Å². The van der Waals surface area contributed by atoms with Gasteiger partial charge in [-0.2, -0.15) is 4.98 Å². The van der Waals surface area contributed by atoms with E-state index in [0.29, 0.717) is 18.1 Å². The van der Waals surface area contributed by atoms with Crippen molar-refractivity contribution < 1.29 is 9.63 Å². The molecule has 1 atom stereocenters. The van der Waals surface area contributed by atoms with Crippen LogP contribution in [0.2, 0.25) is 0 Å². The van der Waals surface area contributed by atoms with Crippen molar-refractivity contribution in [2.45, 2.75) is 31.7 Å². The molecule has 0 spiro atoms. The molecule has 100 valence electrons. The van der Waals surface area contributed by atoms with Gasteiger partial charge in [0.15, 0.2) is 5.82 Å². The summed E-state index contributed by atoms with van der Waals surface area (Å²) in [5.41, 5.74) is 1.06. The molecule has 1 fully saturated rings. The van der Waals surface area contributed by atoms with E-state index >= 15 is 0 Å². The number of hydrogen-bond acceptors (Lipinski definition) is 5. The van der Waals surface area contributed by atoms with Crippen LogP contribution in [0.5, 0.6) is 5.75 Å². The Kier molecular flexibility index (Phi) is 3.46. The second-order valence-corrected chi connectivity index (χ2v) is 4.89. The van der Waals surface area contributed by atoms with Crippen LogP contribution in [0.3, 0.4) is 0 Å². The number of aromatic hydroxyl groups is 1. The zero-order valence-electron chi connectivity index (χ0n) is 10.7. The highest BCUT2D eigenvalue weighted by molar-refractivity contribution is 5.27. The Morgan fingerprint density at radius 3 is 2.84 bits per heavy atom. The number of phenols is 1. The van der Waals surface area contributed by atoms with Crippen molar-refractivity contribution in [3.63, 3.8) is 0 Å². The molecule has 1 aliphatic heterocycles. The highest BCUT2D eigenvalue weighted by atomic mass is 16.5. The van der Waals surface area contributed by atoms with Crippen LogP contribution in [0.25, 0.3) is 0 Å². The molecule has 0 aliphatic carbocycles. The highest BCUT2D eigenvalue weighted by Crippen LogP contribution is 2.21. The third kappa shape index (κ3) is 2.93. The summed E-state index contributed by atoms with van der Waals surface area (Å²) in [7, 11) is 0. The van der Waals surface area contributed by atoms with Crippen molar-refractivity contribution in [1.82, 2.24) is 15.5 Å². The van der Waals surface area contributed by atoms with Crippen LogP contribution < -0.4 is 5.32 Å². The second-order valence-electron chi connectivity index (χ2n) is 4.89. The highest BCUT2D eigenvalue weighted by Gasteiger charge is 2.20. The summed E-state index contributed by atoms with van der Waals surface area (Å²) in [5, 5.41) is 16.7. The maximum Gasteiger partial charge on any atom is 0.243 e. The molecule has 1 aromatic carbocycles. The van der Waals surface area contributed by atoms with E-state index in [0.717, 1.165) is 18.5 Å². The largest absolute Gasteiger partial charge is 0.508 e. The summed E-state index contributed by atoms with van der Waals surface area (Å²) in [6.07, 6.45) is 4.09. The molecule has 2 aromatic rings. The number of aromatic nitrogens is 2. The minimum absolute atomic E-state index is 0.204. The molecule has 2 N–H and O–H groups in total. The second kappa shape index (κ2) is 5.40. The molecule has 0 bridgehead atoms. The van der Waals surface area contributed by atoms with Crippen LogP contribution in [0.15, 0.2) is 28.8 Å². The van der Waals surface area contributed by atoms with Crippen LogP contribution in [0, 0.1) is 0 Å². The van der Waals surface area contributed by atoms with Crippen LogP contribution >= 0.6 is 0 Å². The standard InChI is InChI=1S/C14H17N3O2/c18-11-6-4-10(5-7-11)9-13-16-14(19-17-13)12-3-1-2-8-15-12/h4-7,12,15,18H,1-3,8-9H2/t12-/m1/s1. The Morgan fingerprint density at radius 2 is 2.11 bits per heavy atom. The topological polar surface area (TPSA) is 71.2 Å². The smallest absolute Gasteiger partial charge is 0.243 e. The van der Waals surface area contributed by atoms with Gasteiger partial charge >= 0.3 is 0 Å². The van der Waals surface area contributed by atoms with Gasteiger partial charge in [-0.25, -0.2) is 0 Å². The predicted octanol–water partition coefficient (Wildman–Crippen LogP) is 2.18. The average molecular weight is 259 g/mol. The normalized spacial score (nSPS) is 19.5. The van der Waals surface area contributed by atoms with E-state index in [-0.39, 0.29) is 11.8 Å². The van der Waals surface area contributed by atoms with Crippen LogP contribution in [0.1, 0.15) is 42.6 Å². The summed E-state index contributed by atoms with van der Waals surface area (Å²) in [5.74, 6) is 1.64. The zero-order chi connectivity index (χ0) is 13.1. The van der Waals surface area contributed by atoms with Gasteiger partial charge < -0.3 is 14.9 Å². The van der Waals surface area contributed by atoms with E-state index in [9.17, 15) is 5.11 Å². The summed E-state index contributed by atoms with van der Waals surface area (Å²) in [4.78, 5) is 4.45. The van der Waals surface area contributed by atoms with Gasteiger partial charge in [0.25, 0.3) is 0 Å². The van der Waals surface area contributed by atoms with Crippen LogP contribution in [-0.4, -0.2) is 21.8 Å². The van der Waals surface area contributed by atoms with Crippen molar-refractivity contribution in [2.24, 2.45) is 0 Å². The Morgan fingerprint density at radius 1 is 1.26 bits per heavy atom. The molecule has 0 unspecified atom stereocenters. The lowest BCUT2D eigenvalue weighted by Crippen LogP contribution is -2.27. The van der Waals surface area contributed by atoms with E-state index in [1.54, 1.807) is 12.1 Å². The Hall–Kier alpha value is -1.88. The molecule has 0 radical (unpaired) electrons. The molecule has 0 amide bonds. The molecule has 2 heterocycles. The van der Waals surface area contributed by atoms with Gasteiger partial charge in [0.05, 0.1) is 6.04 Å². The molecule has 1 saturated heterocycles. The fourth-order valence-electron chi connectivity index (χ4n) is 2.34. The van der Waals surface area contributed by atoms with Gasteiger partial charge in [0, 0.05) is 6.42 Å². The first-order valence-electron chi connectivity index (χ1n) is 6.65. The van der Waals surface area contributed by atoms with Gasteiger partial charge in [-0.1, -0.05) is 23.7 Å². The summed E-state index contributed by atoms with van der Waals surface area (Å²) in [6.45, 7) is 1.01. The lowest BCUT2D eigenvalue weighted by atomic mass is 10.1. The average Bonchev–Trinajstić information content (AvgIpc) is 2.91. The molecule has 1 aromatic heterocycles. The maximum absolute atomic E-state index is 9.24. The van der Waals surface area contributed by atoms with Crippen LogP contribution in [0.4, 0.5) is 0 Å². The lowest BCUT2D eigenvalue weighted by molar-refractivity contribution is 0.296. The molecular formula is C14H17N3O2. The van der Waals surface area contributed by atoms with Crippen molar-refractivity contribution in [3.05, 3.63) is 41.5 Å². The predicted molar refractivity (Wildman–Crippen MR) is 69.8 cm³/mol. The van der Waals surface area contributed by atoms with Crippen molar-refractivity contribution in [1.29, 1.82) is 0 Å². The number of phenolic OH excluding ortho intramolecular Hbond substituents is 1. The number of nitrogens with one attached hydrogen (secondary N) is 1. The van der Waals surface area contributed by atoms with E-state index in [1.807, 2.05) is 12.1 Å². The fraction of sp³-hybridized carbons (Fsp3) is 0.429. The first kappa shape index (κ1) is 12.2. The van der Waals surface area contributed by atoms with E-state index < -0.39 is 0 Å². The first-order chi connectivity index (χ1) is 9.31. The molecular weight excluding hydrogens is 242 g/mol. The quantitative estimate of drug-likeness (QED) is 0.884. The van der Waals surface area contributed by atoms with Crippen LogP contribution in [-0.2, 0) is 6.42 Å². The number of piperidine rings is 1. The molecule has 5 heteroatoms. The number of hydrogen-bond donors (Lipinski definition) is 2. The van der Waals surface area contributed by atoms with Crippen molar-refractivity contribution >= 4 is 0 Å².